The van der Waals surface area contributed by atoms with Gasteiger partial charge in [-0.2, -0.15) is 0 Å². The first kappa shape index (κ1) is 13.3. The van der Waals surface area contributed by atoms with Crippen molar-refractivity contribution in [2.45, 2.75) is 11.3 Å². The van der Waals surface area contributed by atoms with E-state index in [-0.39, 0.29) is 18.3 Å². The summed E-state index contributed by atoms with van der Waals surface area (Å²) in [5.74, 6) is -0.162. The zero-order valence-electron chi connectivity index (χ0n) is 9.10. The van der Waals surface area contributed by atoms with Crippen LogP contribution in [0.5, 0.6) is 0 Å². The smallest absolute Gasteiger partial charge is 0.188 e. The number of hydrogen-bond donors (Lipinski definition) is 1. The SMILES string of the molecule is [O-][S+](c1ccc(F)cc1Br)N1CCC(CO)C1. The highest BCUT2D eigenvalue weighted by Crippen LogP contribution is 2.29. The van der Waals surface area contributed by atoms with Gasteiger partial charge in [-0.15, -0.1) is 4.31 Å². The Kier molecular flexibility index (Phi) is 4.43. The van der Waals surface area contributed by atoms with Gasteiger partial charge in [0.15, 0.2) is 4.90 Å². The lowest BCUT2D eigenvalue weighted by atomic mass is 10.1. The molecule has 0 saturated carbocycles. The summed E-state index contributed by atoms with van der Waals surface area (Å²) >= 11 is 1.93. The first-order chi connectivity index (χ1) is 8.11. The lowest BCUT2D eigenvalue weighted by molar-refractivity contribution is 0.233. The topological polar surface area (TPSA) is 46.5 Å². The van der Waals surface area contributed by atoms with Crippen molar-refractivity contribution in [1.29, 1.82) is 0 Å². The van der Waals surface area contributed by atoms with Gasteiger partial charge in [0, 0.05) is 25.6 Å². The summed E-state index contributed by atoms with van der Waals surface area (Å²) in [6.45, 7) is 1.44. The van der Waals surface area contributed by atoms with Gasteiger partial charge in [0.1, 0.15) is 5.82 Å². The normalized spacial score (nSPS) is 22.9. The van der Waals surface area contributed by atoms with Gasteiger partial charge >= 0.3 is 0 Å². The molecule has 0 aliphatic carbocycles. The fraction of sp³-hybridized carbons (Fsp3) is 0.455. The Bertz CT molecular complexity index is 407. The number of aliphatic hydroxyl groups excluding tert-OH is 1. The molecule has 1 fully saturated rings. The van der Waals surface area contributed by atoms with Crippen LogP contribution in [0.25, 0.3) is 0 Å². The minimum Gasteiger partial charge on any atom is -0.593 e. The van der Waals surface area contributed by atoms with E-state index in [9.17, 15) is 8.94 Å². The first-order valence-electron chi connectivity index (χ1n) is 5.34. The standard InChI is InChI=1S/C11H13BrFNO2S/c12-10-5-9(13)1-2-11(10)17(16)14-4-3-8(6-14)7-15/h1-2,5,8,15H,3-4,6-7H2. The van der Waals surface area contributed by atoms with Crippen LogP contribution in [0, 0.1) is 11.7 Å². The predicted octanol–water partition coefficient (Wildman–Crippen LogP) is 1.93. The van der Waals surface area contributed by atoms with Gasteiger partial charge in [-0.3, -0.25) is 0 Å². The zero-order chi connectivity index (χ0) is 12.4. The molecule has 0 aromatic heterocycles. The Balaban J connectivity index is 2.12. The highest BCUT2D eigenvalue weighted by molar-refractivity contribution is 9.10. The summed E-state index contributed by atoms with van der Waals surface area (Å²) in [5, 5.41) is 9.04. The third-order valence-electron chi connectivity index (χ3n) is 2.82. The van der Waals surface area contributed by atoms with Gasteiger partial charge in [-0.05, 0) is 40.5 Å². The number of rotatable bonds is 3. The summed E-state index contributed by atoms with van der Waals surface area (Å²) in [6, 6.07) is 4.15. The van der Waals surface area contributed by atoms with E-state index in [2.05, 4.69) is 15.9 Å². The van der Waals surface area contributed by atoms with Crippen molar-refractivity contribution in [2.75, 3.05) is 19.7 Å². The Morgan fingerprint density at radius 1 is 1.59 bits per heavy atom. The molecule has 2 unspecified atom stereocenters. The van der Waals surface area contributed by atoms with Crippen LogP contribution in [0.2, 0.25) is 0 Å². The average Bonchev–Trinajstić information content (AvgIpc) is 2.76. The number of halogens is 2. The van der Waals surface area contributed by atoms with E-state index in [0.29, 0.717) is 22.5 Å². The maximum absolute atomic E-state index is 12.9. The Hall–Kier alpha value is -0.140. The Morgan fingerprint density at radius 2 is 2.35 bits per heavy atom. The monoisotopic (exact) mass is 321 g/mol. The fourth-order valence-electron chi connectivity index (χ4n) is 1.85. The van der Waals surface area contributed by atoms with Crippen molar-refractivity contribution in [1.82, 2.24) is 4.31 Å². The third-order valence-corrected chi connectivity index (χ3v) is 5.27. The lowest BCUT2D eigenvalue weighted by Gasteiger charge is -2.20. The average molecular weight is 322 g/mol. The summed E-state index contributed by atoms with van der Waals surface area (Å²) in [6.07, 6.45) is 0.848. The van der Waals surface area contributed by atoms with Crippen LogP contribution in [0.4, 0.5) is 4.39 Å². The van der Waals surface area contributed by atoms with Crippen LogP contribution in [-0.4, -0.2) is 33.7 Å². The van der Waals surface area contributed by atoms with Crippen molar-refractivity contribution in [3.63, 3.8) is 0 Å². The molecule has 1 N–H and O–H groups in total. The maximum atomic E-state index is 12.9. The summed E-state index contributed by atoms with van der Waals surface area (Å²) in [7, 11) is 0. The quantitative estimate of drug-likeness (QED) is 0.865. The van der Waals surface area contributed by atoms with E-state index in [4.69, 9.17) is 5.11 Å². The minimum atomic E-state index is -1.29. The molecular weight excluding hydrogens is 309 g/mol. The Morgan fingerprint density at radius 3 is 2.94 bits per heavy atom. The zero-order valence-corrected chi connectivity index (χ0v) is 11.5. The molecule has 17 heavy (non-hydrogen) atoms. The van der Waals surface area contributed by atoms with Crippen LogP contribution >= 0.6 is 15.9 Å². The second kappa shape index (κ2) is 5.67. The maximum Gasteiger partial charge on any atom is 0.188 e. The van der Waals surface area contributed by atoms with Crippen molar-refractivity contribution in [3.05, 3.63) is 28.5 Å². The van der Waals surface area contributed by atoms with Crippen molar-refractivity contribution in [3.8, 4) is 0 Å². The molecule has 1 saturated heterocycles. The molecule has 1 aromatic rings. The molecule has 1 aliphatic heterocycles. The molecule has 0 bridgehead atoms. The molecular formula is C11H13BrFNO2S. The molecule has 1 aromatic carbocycles. The third kappa shape index (κ3) is 3.00. The van der Waals surface area contributed by atoms with E-state index < -0.39 is 11.4 Å². The van der Waals surface area contributed by atoms with Gasteiger partial charge in [0.25, 0.3) is 0 Å². The van der Waals surface area contributed by atoms with Crippen LogP contribution in [0.1, 0.15) is 6.42 Å². The molecule has 1 aliphatic rings. The van der Waals surface area contributed by atoms with Crippen molar-refractivity contribution in [2.24, 2.45) is 5.92 Å². The number of aliphatic hydroxyl groups is 1. The van der Waals surface area contributed by atoms with E-state index in [1.165, 1.54) is 18.2 Å². The first-order valence-corrected chi connectivity index (χ1v) is 7.24. The predicted molar refractivity (Wildman–Crippen MR) is 67.3 cm³/mol. The Labute approximate surface area is 111 Å². The number of benzene rings is 1. The van der Waals surface area contributed by atoms with Gasteiger partial charge in [-0.1, -0.05) is 0 Å². The van der Waals surface area contributed by atoms with E-state index in [1.807, 2.05) is 0 Å². The summed E-state index contributed by atoms with van der Waals surface area (Å²) in [5.41, 5.74) is 0. The molecule has 0 spiro atoms. The highest BCUT2D eigenvalue weighted by atomic mass is 79.9. The number of hydrogen-bond acceptors (Lipinski definition) is 3. The molecule has 1 heterocycles. The van der Waals surface area contributed by atoms with Crippen LogP contribution in [0.15, 0.2) is 27.6 Å². The molecule has 0 radical (unpaired) electrons. The lowest BCUT2D eigenvalue weighted by Crippen LogP contribution is -2.29. The molecule has 0 amide bonds. The largest absolute Gasteiger partial charge is 0.593 e. The summed E-state index contributed by atoms with van der Waals surface area (Å²) < 4.78 is 27.5. The van der Waals surface area contributed by atoms with Crippen molar-refractivity contribution < 1.29 is 14.0 Å². The van der Waals surface area contributed by atoms with Gasteiger partial charge < -0.3 is 9.66 Å². The second-order valence-electron chi connectivity index (χ2n) is 4.05. The fourth-order valence-corrected chi connectivity index (χ4v) is 3.92. The van der Waals surface area contributed by atoms with E-state index in [0.717, 1.165) is 6.42 Å². The highest BCUT2D eigenvalue weighted by Gasteiger charge is 2.32. The molecule has 6 heteroatoms. The molecule has 2 rings (SSSR count). The second-order valence-corrected chi connectivity index (χ2v) is 6.36. The van der Waals surface area contributed by atoms with E-state index >= 15 is 0 Å². The molecule has 2 atom stereocenters. The van der Waals surface area contributed by atoms with Crippen LogP contribution < -0.4 is 0 Å². The van der Waals surface area contributed by atoms with Crippen LogP contribution in [-0.2, 0) is 11.4 Å². The van der Waals surface area contributed by atoms with Gasteiger partial charge in [0.05, 0.1) is 15.8 Å². The molecule has 3 nitrogen and oxygen atoms in total. The molecule has 94 valence electrons. The summed E-state index contributed by atoms with van der Waals surface area (Å²) in [4.78, 5) is 0.574. The van der Waals surface area contributed by atoms with Gasteiger partial charge in [-0.25, -0.2) is 4.39 Å². The van der Waals surface area contributed by atoms with E-state index in [1.54, 1.807) is 4.31 Å². The van der Waals surface area contributed by atoms with Crippen molar-refractivity contribution >= 4 is 27.3 Å². The minimum absolute atomic E-state index is 0.123. The van der Waals surface area contributed by atoms with Gasteiger partial charge in [0.2, 0.25) is 0 Å². The van der Waals surface area contributed by atoms with Crippen LogP contribution in [0.3, 0.4) is 0 Å². The number of nitrogens with zero attached hydrogens (tertiary/aromatic N) is 1.